The van der Waals surface area contributed by atoms with Crippen molar-refractivity contribution in [3.05, 3.63) is 0 Å². The molecule has 6 aliphatic rings. The molecule has 0 aromatic heterocycles. The number of ether oxygens (including phenoxy) is 1. The maximum atomic E-state index is 15.5. The summed E-state index contributed by atoms with van der Waals surface area (Å²) < 4.78 is 48.3. The zero-order valence-corrected chi connectivity index (χ0v) is 61.7. The van der Waals surface area contributed by atoms with Gasteiger partial charge < -0.3 is 60.3 Å². The zero-order chi connectivity index (χ0) is 72.1. The summed E-state index contributed by atoms with van der Waals surface area (Å²) in [5.41, 5.74) is -1.50. The van der Waals surface area contributed by atoms with Crippen LogP contribution in [0.25, 0.3) is 0 Å². The van der Waals surface area contributed by atoms with Gasteiger partial charge in [0.1, 0.15) is 41.8 Å². The lowest BCUT2D eigenvalue weighted by atomic mass is 9.78. The summed E-state index contributed by atoms with van der Waals surface area (Å²) >= 11 is 6.44. The highest BCUT2D eigenvalue weighted by Crippen LogP contribution is 2.44. The van der Waals surface area contributed by atoms with Gasteiger partial charge in [0.05, 0.1) is 24.6 Å². The second-order valence-corrected chi connectivity index (χ2v) is 30.8. The van der Waals surface area contributed by atoms with Gasteiger partial charge in [-0.3, -0.25) is 47.9 Å². The Balaban J connectivity index is 1.41. The Morgan fingerprint density at radius 3 is 1.89 bits per heavy atom. The number of nitrogens with zero attached hydrogens (tertiary/aromatic N) is 7. The molecule has 15 atom stereocenters. The molecule has 3 saturated carbocycles. The maximum absolute atomic E-state index is 15.5. The van der Waals surface area contributed by atoms with Gasteiger partial charge in [0, 0.05) is 91.3 Å². The number of alkyl halides is 4. The third-order valence-electron chi connectivity index (χ3n) is 22.7. The molecule has 3 heterocycles. The highest BCUT2D eigenvalue weighted by atomic mass is 35.5. The van der Waals surface area contributed by atoms with Crippen molar-refractivity contribution < 1.29 is 65.9 Å². The summed E-state index contributed by atoms with van der Waals surface area (Å²) in [6.07, 6.45) is 2.14. The van der Waals surface area contributed by atoms with Gasteiger partial charge in [-0.25, -0.2) is 0 Å². The van der Waals surface area contributed by atoms with Gasteiger partial charge in [-0.1, -0.05) is 99.8 Å². The fraction of sp³-hybridized carbons (Fsp3) is 0.859. The molecule has 6 fully saturated rings. The normalized spacial score (nSPS) is 33.0. The minimum atomic E-state index is -4.50. The number of likely N-dealkylation sites (N-methyl/N-ethyl adjacent to an activating group) is 5. The van der Waals surface area contributed by atoms with E-state index in [0.717, 1.165) is 25.7 Å². The minimum Gasteiger partial charge on any atom is -0.377 e. The molecule has 4 N–H and O–H groups in total. The average molecular weight is 1400 g/mol. The van der Waals surface area contributed by atoms with Crippen molar-refractivity contribution in [2.24, 2.45) is 41.4 Å². The average Bonchev–Trinajstić information content (AvgIpc) is 1.72. The maximum Gasteiger partial charge on any atom is 0.393 e. The Hall–Kier alpha value is -5.30. The van der Waals surface area contributed by atoms with Crippen molar-refractivity contribution in [1.29, 1.82) is 0 Å². The Kier molecular flexibility index (Phi) is 29.8. The number of carbonyl (C=O) groups excluding carboxylic acids is 10. The summed E-state index contributed by atoms with van der Waals surface area (Å²) in [4.78, 5) is 160. The number of nitrogens with one attached hydrogen (secondary N) is 4. The number of hydrogen-bond acceptors (Lipinski definition) is 12. The summed E-state index contributed by atoms with van der Waals surface area (Å²) in [5.74, 6) is -7.13. The van der Waals surface area contributed by atoms with E-state index in [1.807, 2.05) is 41.5 Å². The van der Waals surface area contributed by atoms with E-state index in [-0.39, 0.29) is 132 Å². The van der Waals surface area contributed by atoms with Gasteiger partial charge in [-0.2, -0.15) is 13.2 Å². The van der Waals surface area contributed by atoms with Crippen LogP contribution in [0.3, 0.4) is 0 Å². The molecule has 1 spiro atoms. The van der Waals surface area contributed by atoms with Crippen molar-refractivity contribution in [2.45, 2.75) is 282 Å². The minimum absolute atomic E-state index is 0.00536. The summed E-state index contributed by atoms with van der Waals surface area (Å²) in [6.45, 7) is 20.9. The smallest absolute Gasteiger partial charge is 0.377 e. The lowest BCUT2D eigenvalue weighted by molar-refractivity contribution is -0.182. The molecule has 0 bridgehead atoms. The van der Waals surface area contributed by atoms with Crippen molar-refractivity contribution in [2.75, 3.05) is 67.5 Å². The third-order valence-corrected chi connectivity index (χ3v) is 23.2. The SMILES string of the molecule is CCO[C@@H]1C[C@H]2C(=O)NC3(CCCC3)C(=O)N(C)[C@@H]([C@@H](C)CC)C(=O)N(C)[C@H](C)CC(=O)N(C)[C@@H](CC(C)C)CN[C@@H]([C@@H](C)CC)C(=O)N[C@@H](C)C(=O)N3CC[C@H]3C(=O)N(CC)[C@@H](CC3CCC(C)CC3)C(=O)N(C)CC(=O)N[C@@H](CCC3CCC(C(F)(F)F)C(Cl)C3)C(=O)N2C1. The van der Waals surface area contributed by atoms with E-state index in [0.29, 0.717) is 44.4 Å². The first-order valence-electron chi connectivity index (χ1n) is 36.6. The number of fused-ring (bicyclic) bond motifs is 2. The molecular weight excluding hydrogens is 1280 g/mol. The van der Waals surface area contributed by atoms with Crippen molar-refractivity contribution in [3.8, 4) is 0 Å². The van der Waals surface area contributed by atoms with E-state index in [4.69, 9.17) is 16.3 Å². The molecule has 3 aliphatic carbocycles. The molecule has 26 heteroatoms. The standard InChI is InChI=1S/C71H119ClF3N11O11/c1-16-44(8)60-63(90)77-47(11)64(91)85-33-30-55(85)67(94)84(18-3)57(37-49-24-22-43(7)23-25-49)66(93)80(12)41-58(87)78-54(29-27-48-26-28-52(53(72)36-48)71(73,74)75)65(92)86-40-51(97-19-4)38-56(86)62(89)79-70(31-20-21-32-70)69(96)83(15)61(45(9)17-2)68(95)81(13)46(10)35-59(88)82(14)50(39-76-60)34-42(5)6/h42-57,60-61,76H,16-41H2,1-15H3,(H,77,90)(H,78,87)(H,79,89)/t43?,44-,45-,46+,47-,48?,49?,50-,51+,52?,53?,54-,55-,56-,57-,60-,61-/m0/s1. The van der Waals surface area contributed by atoms with Crippen LogP contribution < -0.4 is 21.3 Å². The summed E-state index contributed by atoms with van der Waals surface area (Å²) in [6, 6.07) is -8.51. The highest BCUT2D eigenvalue weighted by Gasteiger charge is 2.53. The first-order chi connectivity index (χ1) is 45.6. The molecule has 0 radical (unpaired) electrons. The van der Waals surface area contributed by atoms with E-state index >= 15 is 28.8 Å². The fourth-order valence-corrected chi connectivity index (χ4v) is 16.4. The number of carbonyl (C=O) groups is 10. The molecule has 10 amide bonds. The highest BCUT2D eigenvalue weighted by molar-refractivity contribution is 6.20. The van der Waals surface area contributed by atoms with Crippen LogP contribution in [-0.2, 0) is 52.7 Å². The van der Waals surface area contributed by atoms with Crippen LogP contribution in [-0.4, -0.2) is 238 Å². The molecule has 6 rings (SSSR count). The molecule has 97 heavy (non-hydrogen) atoms. The van der Waals surface area contributed by atoms with Gasteiger partial charge in [0.15, 0.2) is 0 Å². The van der Waals surface area contributed by atoms with Crippen molar-refractivity contribution in [3.63, 3.8) is 0 Å². The van der Waals surface area contributed by atoms with Gasteiger partial charge in [-0.15, -0.1) is 11.6 Å². The first-order valence-corrected chi connectivity index (χ1v) is 37.0. The van der Waals surface area contributed by atoms with Crippen LogP contribution in [0.4, 0.5) is 13.2 Å². The van der Waals surface area contributed by atoms with E-state index in [2.05, 4.69) is 28.2 Å². The molecular formula is C71H119ClF3N11O11. The Morgan fingerprint density at radius 2 is 1.32 bits per heavy atom. The number of amides is 10. The second kappa shape index (κ2) is 35.8. The Bertz CT molecular complexity index is 2720. The number of hydrogen-bond donors (Lipinski definition) is 4. The van der Waals surface area contributed by atoms with Gasteiger partial charge >= 0.3 is 6.18 Å². The molecule has 552 valence electrons. The molecule has 0 aromatic carbocycles. The van der Waals surface area contributed by atoms with Crippen LogP contribution >= 0.6 is 11.6 Å². The van der Waals surface area contributed by atoms with Crippen LogP contribution in [0.5, 0.6) is 0 Å². The summed E-state index contributed by atoms with van der Waals surface area (Å²) in [5, 5.41) is 11.1. The van der Waals surface area contributed by atoms with E-state index < -0.39 is 143 Å². The van der Waals surface area contributed by atoms with E-state index in [9.17, 15) is 32.3 Å². The monoisotopic (exact) mass is 1390 g/mol. The second-order valence-electron chi connectivity index (χ2n) is 30.2. The van der Waals surface area contributed by atoms with Crippen LogP contribution in [0.2, 0.25) is 0 Å². The number of rotatable bonds is 14. The Labute approximate surface area is 580 Å². The van der Waals surface area contributed by atoms with Crippen LogP contribution in [0, 0.1) is 41.4 Å². The fourth-order valence-electron chi connectivity index (χ4n) is 15.9. The largest absolute Gasteiger partial charge is 0.393 e. The number of halogens is 4. The molecule has 3 unspecified atom stereocenters. The van der Waals surface area contributed by atoms with Crippen LogP contribution in [0.1, 0.15) is 205 Å². The van der Waals surface area contributed by atoms with E-state index in [1.165, 1.54) is 36.4 Å². The predicted octanol–water partition coefficient (Wildman–Crippen LogP) is 7.27. The topological polar surface area (TPSA) is 251 Å². The van der Waals surface area contributed by atoms with Gasteiger partial charge in [-0.05, 0) is 127 Å². The molecule has 0 aromatic rings. The van der Waals surface area contributed by atoms with E-state index in [1.54, 1.807) is 53.7 Å². The van der Waals surface area contributed by atoms with Gasteiger partial charge in [0.25, 0.3) is 0 Å². The van der Waals surface area contributed by atoms with Crippen molar-refractivity contribution in [1.82, 2.24) is 55.6 Å². The molecule has 3 aliphatic heterocycles. The third kappa shape index (κ3) is 20.3. The lowest BCUT2D eigenvalue weighted by Gasteiger charge is -2.45. The van der Waals surface area contributed by atoms with Crippen molar-refractivity contribution >= 4 is 70.7 Å². The van der Waals surface area contributed by atoms with Gasteiger partial charge in [0.2, 0.25) is 59.1 Å². The quantitative estimate of drug-likeness (QED) is 0.125. The molecule has 3 saturated heterocycles. The zero-order valence-electron chi connectivity index (χ0n) is 60.9. The first kappa shape index (κ1) is 80.7. The lowest BCUT2D eigenvalue weighted by Crippen LogP contribution is -2.65. The van der Waals surface area contributed by atoms with Crippen LogP contribution in [0.15, 0.2) is 0 Å². The Morgan fingerprint density at radius 1 is 0.680 bits per heavy atom. The predicted molar refractivity (Wildman–Crippen MR) is 365 cm³/mol. The molecule has 22 nitrogen and oxygen atoms in total. The summed E-state index contributed by atoms with van der Waals surface area (Å²) in [7, 11) is 6.32.